The number of aliphatic carboxylic acids is 1. The number of methoxy groups -OCH3 is 1. The molecule has 3 atom stereocenters. The van der Waals surface area contributed by atoms with E-state index in [1.165, 1.54) is 22.3 Å². The Hall–Kier alpha value is -2.98. The first-order valence-electron chi connectivity index (χ1n) is 15.5. The number of carboxylic acids is 1. The second-order valence-corrected chi connectivity index (χ2v) is 13.6. The highest BCUT2D eigenvalue weighted by atomic mass is 32.1. The van der Waals surface area contributed by atoms with Crippen LogP contribution in [0.4, 0.5) is 5.13 Å². The molecule has 1 aliphatic carbocycles. The zero-order valence-electron chi connectivity index (χ0n) is 25.3. The van der Waals surface area contributed by atoms with Gasteiger partial charge in [-0.3, -0.25) is 9.69 Å². The number of rotatable bonds is 9. The van der Waals surface area contributed by atoms with E-state index in [9.17, 15) is 9.90 Å². The van der Waals surface area contributed by atoms with E-state index in [2.05, 4.69) is 53.3 Å². The lowest BCUT2D eigenvalue weighted by Gasteiger charge is -2.38. The number of ether oxygens (including phenoxy) is 3. The molecule has 0 bridgehead atoms. The van der Waals surface area contributed by atoms with Crippen molar-refractivity contribution < 1.29 is 24.1 Å². The van der Waals surface area contributed by atoms with Crippen molar-refractivity contribution in [1.29, 1.82) is 0 Å². The third-order valence-electron chi connectivity index (χ3n) is 10.2. The predicted octanol–water partition coefficient (Wildman–Crippen LogP) is 5.47. The number of carboxylic acid groups (broad SMARTS) is 1. The molecule has 2 aromatic carbocycles. The number of hydrogen-bond donors (Lipinski definition) is 1. The molecule has 0 unspecified atom stereocenters. The van der Waals surface area contributed by atoms with Crippen LogP contribution >= 0.6 is 11.3 Å². The van der Waals surface area contributed by atoms with Crippen LogP contribution in [-0.2, 0) is 33.8 Å². The molecule has 43 heavy (non-hydrogen) atoms. The van der Waals surface area contributed by atoms with Gasteiger partial charge in [-0.2, -0.15) is 0 Å². The average molecular weight is 604 g/mol. The van der Waals surface area contributed by atoms with E-state index >= 15 is 0 Å². The molecule has 1 aromatic heterocycles. The van der Waals surface area contributed by atoms with Gasteiger partial charge in [0, 0.05) is 56.9 Å². The van der Waals surface area contributed by atoms with E-state index in [1.807, 2.05) is 6.07 Å². The van der Waals surface area contributed by atoms with Crippen LogP contribution in [0.3, 0.4) is 0 Å². The molecule has 8 nitrogen and oxygen atoms in total. The van der Waals surface area contributed by atoms with Gasteiger partial charge in [0.25, 0.3) is 0 Å². The van der Waals surface area contributed by atoms with Crippen molar-refractivity contribution in [1.82, 2.24) is 9.88 Å². The van der Waals surface area contributed by atoms with E-state index in [0.717, 1.165) is 79.7 Å². The fraction of sp³-hybridized carbons (Fsp3) is 0.529. The smallest absolute Gasteiger partial charge is 0.312 e. The average Bonchev–Trinajstić information content (AvgIpc) is 3.37. The third-order valence-corrected chi connectivity index (χ3v) is 11.1. The Morgan fingerprint density at radius 1 is 1.21 bits per heavy atom. The minimum absolute atomic E-state index is 0.153. The maximum Gasteiger partial charge on any atom is 0.312 e. The summed E-state index contributed by atoms with van der Waals surface area (Å²) in [6.45, 7) is 9.78. The highest BCUT2D eigenvalue weighted by Crippen LogP contribution is 2.62. The quantitative estimate of drug-likeness (QED) is 0.345. The maximum atomic E-state index is 12.2. The summed E-state index contributed by atoms with van der Waals surface area (Å²) < 4.78 is 17.6. The summed E-state index contributed by atoms with van der Waals surface area (Å²) in [7, 11) is 1.64. The summed E-state index contributed by atoms with van der Waals surface area (Å²) in [6.07, 6.45) is 4.06. The number of para-hydroxylation sites is 1. The number of nitrogens with zero attached hydrogens (tertiary/aromatic N) is 3. The predicted molar refractivity (Wildman–Crippen MR) is 167 cm³/mol. The van der Waals surface area contributed by atoms with Gasteiger partial charge in [-0.25, -0.2) is 4.98 Å². The first-order chi connectivity index (χ1) is 20.9. The lowest BCUT2D eigenvalue weighted by molar-refractivity contribution is -0.144. The minimum Gasteiger partial charge on any atom is -0.488 e. The molecular formula is C34H41N3O5S. The SMILES string of the molecule is COC[C@H]1N(c2nc(-c3cccc(C)c3OCc3cc(C)c4c(c3)CCN(C3CCOCC3)C4)cs2)C[C@@H]2C[C@@]21C(=O)O. The van der Waals surface area contributed by atoms with Gasteiger partial charge < -0.3 is 24.2 Å². The van der Waals surface area contributed by atoms with Crippen molar-refractivity contribution in [2.75, 3.05) is 44.9 Å². The van der Waals surface area contributed by atoms with E-state index < -0.39 is 11.4 Å². The van der Waals surface area contributed by atoms with Gasteiger partial charge in [0.15, 0.2) is 5.13 Å². The molecule has 1 N–H and O–H groups in total. The van der Waals surface area contributed by atoms with Crippen molar-refractivity contribution in [2.45, 2.75) is 64.8 Å². The van der Waals surface area contributed by atoms with Crippen LogP contribution in [0.1, 0.15) is 47.1 Å². The first kappa shape index (κ1) is 28.8. The van der Waals surface area contributed by atoms with Gasteiger partial charge in [-0.05, 0) is 79.3 Å². The van der Waals surface area contributed by atoms with Crippen LogP contribution in [0.5, 0.6) is 5.75 Å². The standard InChI is InChI=1S/C34H41N3O5S/c1-21-5-4-6-27(29-20-43-33(35-29)37-16-25-15-34(25,32(38)39)30(37)19-40-3)31(21)42-18-23-13-22(2)28-17-36(10-7-24(28)14-23)26-8-11-41-12-9-26/h4-6,13-14,20,25-26,30H,7-12,15-19H2,1-3H3,(H,38,39)/t25-,30+,34+/m0/s1. The van der Waals surface area contributed by atoms with Gasteiger partial charge in [0.05, 0.1) is 23.8 Å². The molecule has 4 heterocycles. The van der Waals surface area contributed by atoms with Gasteiger partial charge in [0.2, 0.25) is 0 Å². The summed E-state index contributed by atoms with van der Waals surface area (Å²) in [4.78, 5) is 22.0. The molecule has 1 saturated carbocycles. The molecule has 228 valence electrons. The number of piperidine rings is 1. The second-order valence-electron chi connectivity index (χ2n) is 12.7. The molecule has 7 rings (SSSR count). The van der Waals surface area contributed by atoms with Gasteiger partial charge in [-0.1, -0.05) is 24.3 Å². The van der Waals surface area contributed by atoms with Crippen molar-refractivity contribution in [2.24, 2.45) is 11.3 Å². The van der Waals surface area contributed by atoms with Crippen LogP contribution in [0, 0.1) is 25.2 Å². The van der Waals surface area contributed by atoms with Crippen LogP contribution in [0.15, 0.2) is 35.7 Å². The van der Waals surface area contributed by atoms with Crippen molar-refractivity contribution in [3.8, 4) is 17.0 Å². The van der Waals surface area contributed by atoms with Gasteiger partial charge in [-0.15, -0.1) is 11.3 Å². The zero-order valence-corrected chi connectivity index (χ0v) is 26.1. The highest BCUT2D eigenvalue weighted by Gasteiger charge is 2.71. The Balaban J connectivity index is 1.08. The molecule has 2 saturated heterocycles. The Kier molecular flexibility index (Phi) is 7.70. The fourth-order valence-corrected chi connectivity index (χ4v) is 8.66. The molecule has 0 radical (unpaired) electrons. The third kappa shape index (κ3) is 5.14. The topological polar surface area (TPSA) is 84.4 Å². The number of aromatic nitrogens is 1. The first-order valence-corrected chi connectivity index (χ1v) is 16.4. The monoisotopic (exact) mass is 603 g/mol. The van der Waals surface area contributed by atoms with E-state index in [4.69, 9.17) is 19.2 Å². The summed E-state index contributed by atoms with van der Waals surface area (Å²) in [5.74, 6) is 0.280. The Morgan fingerprint density at radius 3 is 2.84 bits per heavy atom. The Morgan fingerprint density at radius 2 is 2.05 bits per heavy atom. The minimum atomic E-state index is -0.720. The molecule has 0 amide bonds. The number of fused-ring (bicyclic) bond motifs is 2. The van der Waals surface area contributed by atoms with Crippen LogP contribution in [0.25, 0.3) is 11.3 Å². The van der Waals surface area contributed by atoms with E-state index in [-0.39, 0.29) is 12.0 Å². The number of benzene rings is 2. The summed E-state index contributed by atoms with van der Waals surface area (Å²) in [5.41, 5.74) is 7.64. The van der Waals surface area contributed by atoms with Crippen molar-refractivity contribution in [3.63, 3.8) is 0 Å². The van der Waals surface area contributed by atoms with E-state index in [0.29, 0.717) is 25.8 Å². The highest BCUT2D eigenvalue weighted by molar-refractivity contribution is 7.14. The number of carbonyl (C=O) groups is 1. The summed E-state index contributed by atoms with van der Waals surface area (Å²) >= 11 is 1.56. The largest absolute Gasteiger partial charge is 0.488 e. The fourth-order valence-electron chi connectivity index (χ4n) is 7.77. The lowest BCUT2D eigenvalue weighted by atomic mass is 9.91. The van der Waals surface area contributed by atoms with E-state index in [1.54, 1.807) is 18.4 Å². The summed E-state index contributed by atoms with van der Waals surface area (Å²) in [5, 5.41) is 12.9. The van der Waals surface area contributed by atoms with Gasteiger partial charge in [0.1, 0.15) is 12.4 Å². The maximum absolute atomic E-state index is 12.2. The van der Waals surface area contributed by atoms with Crippen molar-refractivity contribution >= 4 is 22.4 Å². The van der Waals surface area contributed by atoms with Crippen molar-refractivity contribution in [3.05, 3.63) is 63.5 Å². The molecule has 4 aliphatic rings. The number of thiazole rings is 1. The second kappa shape index (κ2) is 11.5. The normalized spacial score (nSPS) is 25.4. The van der Waals surface area contributed by atoms with Gasteiger partial charge >= 0.3 is 5.97 Å². The molecular weight excluding hydrogens is 562 g/mol. The van der Waals surface area contributed by atoms with Crippen LogP contribution in [0.2, 0.25) is 0 Å². The molecule has 9 heteroatoms. The number of anilines is 1. The van der Waals surface area contributed by atoms with Crippen LogP contribution < -0.4 is 9.64 Å². The zero-order chi connectivity index (χ0) is 29.7. The molecule has 3 fully saturated rings. The molecule has 0 spiro atoms. The number of hydrogen-bond acceptors (Lipinski definition) is 8. The van der Waals surface area contributed by atoms with Crippen LogP contribution in [-0.4, -0.2) is 73.1 Å². The molecule has 3 aliphatic heterocycles. The summed E-state index contributed by atoms with van der Waals surface area (Å²) in [6, 6.07) is 11.2. The number of aryl methyl sites for hydroxylation is 2. The molecule has 3 aromatic rings. The Labute approximate surface area is 257 Å². The Bertz CT molecular complexity index is 1520. The lowest BCUT2D eigenvalue weighted by Crippen LogP contribution is -2.43.